The molecule has 2 amide bonds. The molecule has 0 bridgehead atoms. The number of rotatable bonds is 5. The summed E-state index contributed by atoms with van der Waals surface area (Å²) in [5.74, 6) is -0.601. The van der Waals surface area contributed by atoms with Crippen LogP contribution in [0.15, 0.2) is 42.5 Å². The number of amides is 2. The van der Waals surface area contributed by atoms with E-state index in [4.69, 9.17) is 11.6 Å². The van der Waals surface area contributed by atoms with E-state index in [2.05, 4.69) is 10.6 Å². The van der Waals surface area contributed by atoms with Crippen molar-refractivity contribution >= 4 is 29.1 Å². The Kier molecular flexibility index (Phi) is 5.71. The van der Waals surface area contributed by atoms with Gasteiger partial charge in [-0.1, -0.05) is 41.4 Å². The fourth-order valence-corrected chi connectivity index (χ4v) is 2.10. The molecule has 0 unspecified atom stereocenters. The molecule has 0 saturated heterocycles. The van der Waals surface area contributed by atoms with E-state index in [1.54, 1.807) is 12.1 Å². The first-order valence-electron chi connectivity index (χ1n) is 7.05. The molecule has 2 aromatic rings. The lowest BCUT2D eigenvalue weighted by Gasteiger charge is -2.08. The van der Waals surface area contributed by atoms with E-state index >= 15 is 0 Å². The third kappa shape index (κ3) is 5.07. The number of halogens is 2. The van der Waals surface area contributed by atoms with E-state index in [1.165, 1.54) is 18.2 Å². The van der Waals surface area contributed by atoms with Crippen LogP contribution in [0.3, 0.4) is 0 Å². The third-order valence-electron chi connectivity index (χ3n) is 3.19. The van der Waals surface area contributed by atoms with E-state index < -0.39 is 11.8 Å². The second kappa shape index (κ2) is 7.74. The van der Waals surface area contributed by atoms with E-state index in [-0.39, 0.29) is 23.8 Å². The highest BCUT2D eigenvalue weighted by atomic mass is 35.5. The monoisotopic (exact) mass is 334 g/mol. The Labute approximate surface area is 138 Å². The molecule has 0 atom stereocenters. The van der Waals surface area contributed by atoms with Gasteiger partial charge >= 0.3 is 6.03 Å². The van der Waals surface area contributed by atoms with Crippen molar-refractivity contribution in [2.75, 3.05) is 11.9 Å². The molecule has 0 aromatic heterocycles. The van der Waals surface area contributed by atoms with Crippen LogP contribution in [-0.4, -0.2) is 18.4 Å². The van der Waals surface area contributed by atoms with Gasteiger partial charge in [-0.2, -0.15) is 0 Å². The van der Waals surface area contributed by atoms with Crippen LogP contribution in [0.5, 0.6) is 0 Å². The number of hydrogen-bond donors (Lipinski definition) is 2. The van der Waals surface area contributed by atoms with Gasteiger partial charge in [0.25, 0.3) is 0 Å². The lowest BCUT2D eigenvalue weighted by molar-refractivity contribution is 0.0983. The molecule has 0 aliphatic heterocycles. The topological polar surface area (TPSA) is 58.2 Å². The maximum Gasteiger partial charge on any atom is 0.319 e. The van der Waals surface area contributed by atoms with Gasteiger partial charge in [0, 0.05) is 24.2 Å². The Morgan fingerprint density at radius 1 is 1.13 bits per heavy atom. The van der Waals surface area contributed by atoms with E-state index in [1.807, 2.05) is 19.1 Å². The van der Waals surface area contributed by atoms with Crippen molar-refractivity contribution in [2.24, 2.45) is 0 Å². The smallest absolute Gasteiger partial charge is 0.319 e. The Morgan fingerprint density at radius 2 is 1.83 bits per heavy atom. The van der Waals surface area contributed by atoms with Crippen molar-refractivity contribution in [3.05, 3.63) is 64.4 Å². The molecule has 0 saturated carbocycles. The van der Waals surface area contributed by atoms with Gasteiger partial charge in [-0.25, -0.2) is 9.18 Å². The summed E-state index contributed by atoms with van der Waals surface area (Å²) < 4.78 is 13.0. The maximum absolute atomic E-state index is 13.0. The minimum absolute atomic E-state index is 0.0462. The first kappa shape index (κ1) is 17.0. The van der Waals surface area contributed by atoms with Gasteiger partial charge in [-0.15, -0.1) is 0 Å². The molecular formula is C17H16ClFN2O2. The second-order valence-corrected chi connectivity index (χ2v) is 5.46. The SMILES string of the molecule is Cc1ccc(C(=O)CCNC(=O)Nc2ccc(F)c(Cl)c2)cc1. The van der Waals surface area contributed by atoms with E-state index in [0.29, 0.717) is 11.3 Å². The van der Waals surface area contributed by atoms with Crippen LogP contribution in [0, 0.1) is 12.7 Å². The van der Waals surface area contributed by atoms with Crippen LogP contribution in [0.1, 0.15) is 22.3 Å². The summed E-state index contributed by atoms with van der Waals surface area (Å²) in [7, 11) is 0. The Morgan fingerprint density at radius 3 is 2.48 bits per heavy atom. The molecule has 0 aliphatic rings. The minimum Gasteiger partial charge on any atom is -0.337 e. The summed E-state index contributed by atoms with van der Waals surface area (Å²) in [6.45, 7) is 2.15. The summed E-state index contributed by atoms with van der Waals surface area (Å²) in [5.41, 5.74) is 2.07. The number of ketones is 1. The summed E-state index contributed by atoms with van der Waals surface area (Å²) >= 11 is 5.63. The summed E-state index contributed by atoms with van der Waals surface area (Å²) in [4.78, 5) is 23.6. The number of benzene rings is 2. The molecule has 0 radical (unpaired) electrons. The van der Waals surface area contributed by atoms with Crippen LogP contribution in [-0.2, 0) is 0 Å². The first-order chi connectivity index (χ1) is 11.0. The molecule has 0 heterocycles. The quantitative estimate of drug-likeness (QED) is 0.806. The van der Waals surface area contributed by atoms with Gasteiger partial charge in [0.2, 0.25) is 0 Å². The molecule has 2 aromatic carbocycles. The summed E-state index contributed by atoms with van der Waals surface area (Å²) in [5, 5.41) is 5.02. The number of Topliss-reactive ketones (excluding diaryl/α,β-unsaturated/α-hetero) is 1. The van der Waals surface area contributed by atoms with Crippen LogP contribution in [0.25, 0.3) is 0 Å². The number of aryl methyl sites for hydroxylation is 1. The highest BCUT2D eigenvalue weighted by molar-refractivity contribution is 6.31. The van der Waals surface area contributed by atoms with Crippen molar-refractivity contribution < 1.29 is 14.0 Å². The lowest BCUT2D eigenvalue weighted by atomic mass is 10.1. The fourth-order valence-electron chi connectivity index (χ4n) is 1.92. The molecule has 4 nitrogen and oxygen atoms in total. The first-order valence-corrected chi connectivity index (χ1v) is 7.43. The van der Waals surface area contributed by atoms with Crippen molar-refractivity contribution in [3.8, 4) is 0 Å². The van der Waals surface area contributed by atoms with Gasteiger partial charge in [0.1, 0.15) is 5.82 Å². The average Bonchev–Trinajstić information content (AvgIpc) is 2.51. The largest absolute Gasteiger partial charge is 0.337 e. The summed E-state index contributed by atoms with van der Waals surface area (Å²) in [6, 6.07) is 10.7. The van der Waals surface area contributed by atoms with Crippen LogP contribution in [0.2, 0.25) is 5.02 Å². The van der Waals surface area contributed by atoms with Crippen molar-refractivity contribution in [2.45, 2.75) is 13.3 Å². The number of urea groups is 1. The van der Waals surface area contributed by atoms with Crippen molar-refractivity contribution in [1.82, 2.24) is 5.32 Å². The van der Waals surface area contributed by atoms with Crippen molar-refractivity contribution in [3.63, 3.8) is 0 Å². The number of carbonyl (C=O) groups excluding carboxylic acids is 2. The van der Waals surface area contributed by atoms with Crippen LogP contribution < -0.4 is 10.6 Å². The predicted octanol–water partition coefficient (Wildman–Crippen LogP) is 4.18. The average molecular weight is 335 g/mol. The molecule has 0 aliphatic carbocycles. The molecule has 0 spiro atoms. The van der Waals surface area contributed by atoms with Gasteiger partial charge < -0.3 is 10.6 Å². The van der Waals surface area contributed by atoms with Crippen LogP contribution >= 0.6 is 11.6 Å². The predicted molar refractivity (Wildman–Crippen MR) is 88.6 cm³/mol. The van der Waals surface area contributed by atoms with Crippen LogP contribution in [0.4, 0.5) is 14.9 Å². The molecule has 6 heteroatoms. The molecule has 2 N–H and O–H groups in total. The zero-order valence-electron chi connectivity index (χ0n) is 12.5. The minimum atomic E-state index is -0.554. The zero-order chi connectivity index (χ0) is 16.8. The molecule has 23 heavy (non-hydrogen) atoms. The van der Waals surface area contributed by atoms with Gasteiger partial charge in [0.05, 0.1) is 5.02 Å². The summed E-state index contributed by atoms with van der Waals surface area (Å²) in [6.07, 6.45) is 0.195. The standard InChI is InChI=1S/C17H16ClFN2O2/c1-11-2-4-12(5-3-11)16(22)8-9-20-17(23)21-13-6-7-15(19)14(18)10-13/h2-7,10H,8-9H2,1H3,(H2,20,21,23). The second-order valence-electron chi connectivity index (χ2n) is 5.05. The maximum atomic E-state index is 13.0. The van der Waals surface area contributed by atoms with E-state index in [9.17, 15) is 14.0 Å². The fraction of sp³-hybridized carbons (Fsp3) is 0.176. The number of anilines is 1. The highest BCUT2D eigenvalue weighted by Crippen LogP contribution is 2.19. The van der Waals surface area contributed by atoms with Gasteiger partial charge in [0.15, 0.2) is 5.78 Å². The molecular weight excluding hydrogens is 319 g/mol. The molecule has 2 rings (SSSR count). The van der Waals surface area contributed by atoms with Gasteiger partial charge in [-0.3, -0.25) is 4.79 Å². The van der Waals surface area contributed by atoms with E-state index in [0.717, 1.165) is 5.56 Å². The third-order valence-corrected chi connectivity index (χ3v) is 3.48. The number of carbonyl (C=O) groups is 2. The number of nitrogens with one attached hydrogen (secondary N) is 2. The zero-order valence-corrected chi connectivity index (χ0v) is 13.3. The van der Waals surface area contributed by atoms with Crippen molar-refractivity contribution in [1.29, 1.82) is 0 Å². The lowest BCUT2D eigenvalue weighted by Crippen LogP contribution is -2.30. The molecule has 120 valence electrons. The molecule has 0 fully saturated rings. The number of hydrogen-bond acceptors (Lipinski definition) is 2. The van der Waals surface area contributed by atoms with Gasteiger partial charge in [-0.05, 0) is 25.1 Å². The normalized spacial score (nSPS) is 10.2. The Balaban J connectivity index is 1.79. The Hall–Kier alpha value is -2.40. The Bertz CT molecular complexity index is 717. The highest BCUT2D eigenvalue weighted by Gasteiger charge is 2.08.